The topological polar surface area (TPSA) is 20.3 Å². The third kappa shape index (κ3) is 6.28. The van der Waals surface area contributed by atoms with E-state index in [0.29, 0.717) is 6.54 Å². The minimum absolute atomic E-state index is 0.142. The van der Waals surface area contributed by atoms with Crippen LogP contribution in [-0.4, -0.2) is 30.6 Å². The molecule has 2 aromatic rings. The summed E-state index contributed by atoms with van der Waals surface area (Å²) in [5.41, 5.74) is 5.24. The third-order valence-electron chi connectivity index (χ3n) is 5.32. The minimum Gasteiger partial charge on any atom is -0.242 e. The van der Waals surface area contributed by atoms with E-state index >= 15 is 0 Å². The Hall–Kier alpha value is -1.02. The van der Waals surface area contributed by atoms with Gasteiger partial charge in [0.05, 0.1) is 15.7 Å². The Morgan fingerprint density at radius 3 is 1.81 bits per heavy atom. The normalized spacial score (nSPS) is 14.4. The number of hydrogen-bond donors (Lipinski definition) is 0. The Bertz CT molecular complexity index is 917. The van der Waals surface area contributed by atoms with Gasteiger partial charge in [-0.3, -0.25) is 0 Å². The first-order valence-corrected chi connectivity index (χ1v) is 13.6. The smallest absolute Gasteiger partial charge is 0.0997 e. The maximum Gasteiger partial charge on any atom is 0.0997 e. The Kier molecular flexibility index (Phi) is 8.00. The zero-order valence-corrected chi connectivity index (χ0v) is 23.2. The van der Waals surface area contributed by atoms with Gasteiger partial charge in [0.2, 0.25) is 0 Å². The van der Waals surface area contributed by atoms with Crippen LogP contribution in [0.1, 0.15) is 73.4 Å². The van der Waals surface area contributed by atoms with Gasteiger partial charge < -0.3 is 0 Å². The van der Waals surface area contributed by atoms with Gasteiger partial charge in [-0.15, -0.1) is 0 Å². The zero-order chi connectivity index (χ0) is 23.8. The number of hydrogen-bond acceptors (Lipinski definition) is 1. The Morgan fingerprint density at radius 1 is 0.806 bits per heavy atom. The first-order chi connectivity index (χ1) is 14.0. The molecule has 172 valence electrons. The molecule has 4 heteroatoms. The molecule has 0 aromatic heterocycles. The fourth-order valence-electron chi connectivity index (χ4n) is 4.52. The molecule has 0 radical (unpaired) electrons. The van der Waals surface area contributed by atoms with Crippen LogP contribution in [0.2, 0.25) is 0 Å². The molecule has 0 saturated carbocycles. The molecule has 0 aliphatic heterocycles. The maximum absolute atomic E-state index is 13.1. The van der Waals surface area contributed by atoms with Crippen LogP contribution < -0.4 is 5.30 Å². The van der Waals surface area contributed by atoms with Crippen molar-refractivity contribution in [3.8, 4) is 11.1 Å². The number of nitrogens with zero attached hydrogens (tertiary/aromatic N) is 1. The van der Waals surface area contributed by atoms with Crippen molar-refractivity contribution in [1.29, 1.82) is 0 Å². The average molecular weight is 460 g/mol. The molecule has 0 heterocycles. The lowest BCUT2D eigenvalue weighted by Gasteiger charge is -2.44. The van der Waals surface area contributed by atoms with Crippen LogP contribution >= 0.6 is 7.92 Å². The highest BCUT2D eigenvalue weighted by atomic mass is 32.2. The second kappa shape index (κ2) is 9.46. The number of aryl methyl sites for hydroxylation is 1. The summed E-state index contributed by atoms with van der Waals surface area (Å²) in [6.07, 6.45) is 0. The summed E-state index contributed by atoms with van der Waals surface area (Å²) in [6, 6.07) is 15.4. The van der Waals surface area contributed by atoms with Crippen LogP contribution in [0.15, 0.2) is 42.5 Å². The first kappa shape index (κ1) is 26.2. The molecule has 31 heavy (non-hydrogen) atoms. The van der Waals surface area contributed by atoms with Crippen LogP contribution in [0.25, 0.3) is 11.1 Å². The fraction of sp³-hybridized carbons (Fsp3) is 0.556. The quantitative estimate of drug-likeness (QED) is 0.431. The fourth-order valence-corrected chi connectivity index (χ4v) is 9.93. The van der Waals surface area contributed by atoms with Crippen LogP contribution in [0.5, 0.6) is 0 Å². The molecule has 0 spiro atoms. The van der Waals surface area contributed by atoms with E-state index in [1.54, 1.807) is 0 Å². The van der Waals surface area contributed by atoms with Gasteiger partial charge in [-0.25, -0.2) is 8.51 Å². The third-order valence-corrected chi connectivity index (χ3v) is 10.7. The van der Waals surface area contributed by atoms with Gasteiger partial charge in [0.1, 0.15) is 0 Å². The van der Waals surface area contributed by atoms with Crippen molar-refractivity contribution in [1.82, 2.24) is 4.31 Å². The molecule has 1 unspecified atom stereocenters. The van der Waals surface area contributed by atoms with Crippen molar-refractivity contribution >= 4 is 24.2 Å². The van der Waals surface area contributed by atoms with Crippen molar-refractivity contribution in [2.24, 2.45) is 0 Å². The number of benzene rings is 2. The molecule has 0 N–H and O–H groups in total. The van der Waals surface area contributed by atoms with E-state index in [-0.39, 0.29) is 15.1 Å². The second-order valence-corrected chi connectivity index (χ2v) is 17.6. The standard InChI is InChI=1S/C27H42NOPS/c1-20-15-12-13-17-22(20)23-18-14-16-21(19-28(11)31(29)27(8,9)10)24(23)30(25(2,3)4)26(5,6)7/h12-18H,19H2,1-11H3. The zero-order valence-electron chi connectivity index (χ0n) is 21.5. The predicted molar refractivity (Wildman–Crippen MR) is 142 cm³/mol. The summed E-state index contributed by atoms with van der Waals surface area (Å²) < 4.78 is 14.8. The lowest BCUT2D eigenvalue weighted by atomic mass is 9.98. The van der Waals surface area contributed by atoms with Crippen molar-refractivity contribution in [2.75, 3.05) is 7.05 Å². The molecular weight excluding hydrogens is 417 g/mol. The van der Waals surface area contributed by atoms with E-state index in [0.717, 1.165) is 0 Å². The van der Waals surface area contributed by atoms with Crippen molar-refractivity contribution in [2.45, 2.75) is 90.8 Å². The molecule has 0 aliphatic rings. The largest absolute Gasteiger partial charge is 0.242 e. The number of rotatable bonds is 5. The molecule has 0 bridgehead atoms. The van der Waals surface area contributed by atoms with E-state index in [1.807, 2.05) is 32.1 Å². The summed E-state index contributed by atoms with van der Waals surface area (Å²) >= 11 is 0. The van der Waals surface area contributed by atoms with Gasteiger partial charge in [-0.05, 0) is 65.6 Å². The molecule has 0 amide bonds. The van der Waals surface area contributed by atoms with E-state index in [4.69, 9.17) is 0 Å². The van der Waals surface area contributed by atoms with E-state index in [1.165, 1.54) is 27.6 Å². The molecule has 2 aromatic carbocycles. The molecule has 2 rings (SSSR count). The Morgan fingerprint density at radius 2 is 1.32 bits per heavy atom. The van der Waals surface area contributed by atoms with Gasteiger partial charge >= 0.3 is 0 Å². The SMILES string of the molecule is Cc1ccccc1-c1cccc(CN(C)S(=O)C(C)(C)C)c1P(C(C)(C)C)C(C)(C)C. The summed E-state index contributed by atoms with van der Waals surface area (Å²) in [5.74, 6) is 0. The van der Waals surface area contributed by atoms with Gasteiger partial charge in [0, 0.05) is 13.6 Å². The lowest BCUT2D eigenvalue weighted by molar-refractivity contribution is 0.499. The molecule has 1 atom stereocenters. The first-order valence-electron chi connectivity index (χ1n) is 11.2. The predicted octanol–water partition coefficient (Wildman–Crippen LogP) is 7.26. The van der Waals surface area contributed by atoms with Crippen LogP contribution in [0, 0.1) is 6.92 Å². The average Bonchev–Trinajstić information content (AvgIpc) is 2.60. The summed E-state index contributed by atoms with van der Waals surface area (Å²) in [6.45, 7) is 23.3. The van der Waals surface area contributed by atoms with E-state index in [2.05, 4.69) is 90.9 Å². The van der Waals surface area contributed by atoms with E-state index < -0.39 is 18.9 Å². The highest BCUT2D eigenvalue weighted by Gasteiger charge is 2.39. The highest BCUT2D eigenvalue weighted by molar-refractivity contribution is 7.84. The molecule has 0 aliphatic carbocycles. The molecule has 0 fully saturated rings. The summed E-state index contributed by atoms with van der Waals surface area (Å²) in [4.78, 5) is 0. The van der Waals surface area contributed by atoms with Crippen molar-refractivity contribution in [3.05, 3.63) is 53.6 Å². The van der Waals surface area contributed by atoms with Crippen molar-refractivity contribution < 1.29 is 4.21 Å². The van der Waals surface area contributed by atoms with E-state index in [9.17, 15) is 4.21 Å². The molecule has 0 saturated heterocycles. The summed E-state index contributed by atoms with van der Waals surface area (Å²) in [7, 11) is 0.408. The van der Waals surface area contributed by atoms with Crippen LogP contribution in [-0.2, 0) is 17.5 Å². The second-order valence-electron chi connectivity index (χ2n) is 11.5. The monoisotopic (exact) mass is 459 g/mol. The Labute approximate surface area is 195 Å². The van der Waals surface area contributed by atoms with Gasteiger partial charge in [-0.2, -0.15) is 0 Å². The summed E-state index contributed by atoms with van der Waals surface area (Å²) in [5, 5.41) is 1.75. The van der Waals surface area contributed by atoms with Crippen molar-refractivity contribution in [3.63, 3.8) is 0 Å². The minimum atomic E-state index is -1.06. The van der Waals surface area contributed by atoms with Gasteiger partial charge in [0.25, 0.3) is 0 Å². The molecular formula is C27H42NOPS. The van der Waals surface area contributed by atoms with Gasteiger partial charge in [-0.1, -0.05) is 91.9 Å². The van der Waals surface area contributed by atoms with Crippen LogP contribution in [0.4, 0.5) is 0 Å². The molecule has 2 nitrogen and oxygen atoms in total. The van der Waals surface area contributed by atoms with Crippen LogP contribution in [0.3, 0.4) is 0 Å². The van der Waals surface area contributed by atoms with Gasteiger partial charge in [0.15, 0.2) is 0 Å². The maximum atomic E-state index is 13.1. The highest BCUT2D eigenvalue weighted by Crippen LogP contribution is 2.60. The Balaban J connectivity index is 2.79. The lowest BCUT2D eigenvalue weighted by Crippen LogP contribution is -2.37.